The van der Waals surface area contributed by atoms with Crippen LogP contribution in [-0.2, 0) is 122 Å². The number of cyclic esters (lactones) is 1. The molecule has 0 radical (unpaired) electrons. The summed E-state index contributed by atoms with van der Waals surface area (Å²) >= 11 is 1.35. The number of nitrogens with two attached hydrogens (primary N) is 1. The summed E-state index contributed by atoms with van der Waals surface area (Å²) < 4.78 is 6.73. The molecule has 0 unspecified atom stereocenters. The molecule has 3 spiro atoms. The SMILES string of the molecule is CC(=O)N1CCC[C@]12C/C=C\CCC[C@@]1(CCC/C=C\CCCOC(=O)N3CC[C@@]4(C3)NC(=O)[C@H](CCCCNC(=O)CC[C@@H](C(=O)N[C@@H](C)C(N)=O)NC(=O)[C@H](Cc3csc5ccccc35)NC(=O)[C@H](Cc3ccccc3C)NC4=O)NC(=O)[C@H](Cc3ccccc3)NC(=O)[C@H](C)NC(=O)C(C)(C)NC(=O)[C@H](Cc3cccc(C(=O)O)c3)NC(=O)[C@H](CC(=O)O)NC1=O)NC(=O)[C@H](CC(C)(C)C)NC(=O)[C@H](CC(=O)O)NC2=O. The van der Waals surface area contributed by atoms with Crippen molar-refractivity contribution in [3.63, 3.8) is 0 Å². The number of hydrogen-bond acceptors (Lipinski definition) is 23. The lowest BCUT2D eigenvalue weighted by molar-refractivity contribution is -0.146. The molecule has 6 heterocycles. The van der Waals surface area contributed by atoms with Crippen LogP contribution < -0.4 is 85.5 Å². The maximum Gasteiger partial charge on any atom is 0.409 e. The molecule has 20 N–H and O–H groups in total. The first-order valence-corrected chi connectivity index (χ1v) is 51.1. The van der Waals surface area contributed by atoms with Crippen molar-refractivity contribution in [1.29, 1.82) is 0 Å². The third-order valence-corrected chi connectivity index (χ3v) is 28.1. The lowest BCUT2D eigenvalue weighted by atomic mass is 9.83. The summed E-state index contributed by atoms with van der Waals surface area (Å²) in [6, 6.07) is 8.98. The standard InChI is InChI=1S/C105H138N18O25S/c1-61-31-19-20-35-67(61)54-76-89(135)114-75(55-69-59-149-80-39-22-21-37-70(69)80)88(134)111-72(86(132)108-62(2)84(106)130)40-41-81(125)107-47-27-23-38-71-92(138)121-104(98(145)116-76)46-49-122(60-104)100(147)148-50-28-15-11-10-12-24-42-103(43-25-13-14-26-44-105(45-30-48-123(105)64(4)124)99(146)118-78(57-83(128)129)91(137)115-79(94(140)120-103)58-101(5,6)7)97(144)117-77(56-82(126)127)90(136)113-74(53-66-34-29-36-68(51-66)95(141)142)93(139)119-102(8,9)96(143)109-63(3)85(131)112-73(87(133)110-71)52-65-32-17-16-18-33-65/h10-11,14,16-22,26,29,31-37,39,51,59,62-63,71-79H,12-13,15,23-25,27-28,30,38,40-50,52-58,60H2,1-9H3,(H2,106,130)(H,107,125)(H,108,132)(H,109,143)(H,110,133)(H,111,134)(H,112,131)(H,113,136)(H,114,135)(H,115,137)(H,116,145)(H,117,144)(H,118,146)(H,119,139)(H,120,140)(H,121,138)(H,126,127)(H,128,129)(H,141,142)/b11-10-,26-14-/t62-,63-,71-,72-,73-,74-,75-,76-,77-,78-,79-,103+,104-,105-/m0/s1. The van der Waals surface area contributed by atoms with Crippen molar-refractivity contribution in [1.82, 2.24) is 89.6 Å². The normalized spacial score (nSPS) is 26.4. The maximum absolute atomic E-state index is 16.2. The summed E-state index contributed by atoms with van der Waals surface area (Å²) in [5, 5.41) is 73.9. The van der Waals surface area contributed by atoms with E-state index in [9.17, 15) is 72.9 Å². The van der Waals surface area contributed by atoms with Gasteiger partial charge in [-0.05, 0) is 206 Å². The zero-order valence-corrected chi connectivity index (χ0v) is 86.1. The molecule has 5 aromatic rings. The van der Waals surface area contributed by atoms with Gasteiger partial charge in [0.15, 0.2) is 0 Å². The number of aliphatic carboxylic acids is 2. The molecule has 0 aliphatic carbocycles. The van der Waals surface area contributed by atoms with Crippen LogP contribution in [0.2, 0.25) is 0 Å². The van der Waals surface area contributed by atoms with Crippen molar-refractivity contribution in [2.75, 3.05) is 32.8 Å². The Balaban J connectivity index is 1.06. The van der Waals surface area contributed by atoms with Crippen molar-refractivity contribution >= 4 is 146 Å². The van der Waals surface area contributed by atoms with Crippen LogP contribution in [0.5, 0.6) is 0 Å². The van der Waals surface area contributed by atoms with Crippen LogP contribution in [0.4, 0.5) is 4.79 Å². The minimum atomic E-state index is -2.24. The smallest absolute Gasteiger partial charge is 0.409 e. The number of carbonyl (C=O) groups excluding carboxylic acids is 18. The average Bonchev–Trinajstić information content (AvgIpc) is 1.64. The van der Waals surface area contributed by atoms with Gasteiger partial charge in [-0.2, -0.15) is 0 Å². The molecule has 149 heavy (non-hydrogen) atoms. The number of benzene rings is 4. The highest BCUT2D eigenvalue weighted by molar-refractivity contribution is 7.17. The molecule has 5 aliphatic heterocycles. The minimum Gasteiger partial charge on any atom is -0.481 e. The number of likely N-dealkylation sites (tertiary alicyclic amines) is 1. The topological polar surface area (TPSA) is 641 Å². The largest absolute Gasteiger partial charge is 0.481 e. The van der Waals surface area contributed by atoms with E-state index in [0.29, 0.717) is 34.1 Å². The summed E-state index contributed by atoms with van der Waals surface area (Å²) in [5.74, 6) is -21.4. The van der Waals surface area contributed by atoms with Crippen LogP contribution in [0.25, 0.3) is 10.1 Å². The van der Waals surface area contributed by atoms with Crippen molar-refractivity contribution in [2.45, 2.75) is 305 Å². The Morgan fingerprint density at radius 3 is 1.73 bits per heavy atom. The Hall–Kier alpha value is -15.0. The first-order chi connectivity index (χ1) is 70.6. The van der Waals surface area contributed by atoms with E-state index in [-0.39, 0.29) is 153 Å². The third kappa shape index (κ3) is 33.0. The Bertz CT molecular complexity index is 5860. The van der Waals surface area contributed by atoms with Gasteiger partial charge in [0, 0.05) is 63.4 Å². The predicted octanol–water partition coefficient (Wildman–Crippen LogP) is 2.98. The highest BCUT2D eigenvalue weighted by Crippen LogP contribution is 2.36. The molecule has 1 aromatic heterocycles. The van der Waals surface area contributed by atoms with Gasteiger partial charge in [0.2, 0.25) is 100 Å². The number of fused-ring (bicyclic) bond motifs is 4. The van der Waals surface area contributed by atoms with Gasteiger partial charge >= 0.3 is 24.0 Å². The lowest BCUT2D eigenvalue weighted by Crippen LogP contribution is -2.66. The van der Waals surface area contributed by atoms with E-state index < -0.39 is 257 Å². The summed E-state index contributed by atoms with van der Waals surface area (Å²) in [6.07, 6.45) is 0.719. The molecule has 43 nitrogen and oxygen atoms in total. The molecule has 3 saturated heterocycles. The second-order valence-corrected chi connectivity index (χ2v) is 41.4. The minimum absolute atomic E-state index is 0.00296. The van der Waals surface area contributed by atoms with E-state index in [2.05, 4.69) is 79.8 Å². The molecule has 3 fully saturated rings. The van der Waals surface area contributed by atoms with E-state index in [1.54, 1.807) is 118 Å². The molecule has 3 bridgehead atoms. The van der Waals surface area contributed by atoms with Gasteiger partial charge in [0.1, 0.15) is 88.6 Å². The first kappa shape index (κ1) is 116. The van der Waals surface area contributed by atoms with E-state index in [1.165, 1.54) is 75.1 Å². The highest BCUT2D eigenvalue weighted by atomic mass is 32.1. The molecular weight excluding hydrogens is 1950 g/mol. The van der Waals surface area contributed by atoms with Crippen LogP contribution in [0, 0.1) is 12.3 Å². The van der Waals surface area contributed by atoms with E-state index in [4.69, 9.17) is 10.5 Å². The quantitative estimate of drug-likeness (QED) is 0.0595. The number of rotatable bonds is 17. The van der Waals surface area contributed by atoms with Crippen LogP contribution in [0.3, 0.4) is 0 Å². The van der Waals surface area contributed by atoms with Crippen LogP contribution >= 0.6 is 11.3 Å². The van der Waals surface area contributed by atoms with Gasteiger partial charge in [-0.1, -0.05) is 130 Å². The van der Waals surface area contributed by atoms with Gasteiger partial charge in [-0.15, -0.1) is 11.3 Å². The van der Waals surface area contributed by atoms with E-state index in [0.717, 1.165) is 9.60 Å². The summed E-state index contributed by atoms with van der Waals surface area (Å²) in [7, 11) is 0. The fraction of sp³-hybridized carbons (Fsp3) is 0.514. The number of allylic oxidation sites excluding steroid dienone is 3. The number of hydrogen-bond donors (Lipinski definition) is 19. The second-order valence-electron chi connectivity index (χ2n) is 40.5. The predicted molar refractivity (Wildman–Crippen MR) is 545 cm³/mol. The van der Waals surface area contributed by atoms with E-state index in [1.807, 2.05) is 18.2 Å². The first-order valence-electron chi connectivity index (χ1n) is 50.3. The molecule has 804 valence electrons. The third-order valence-electron chi connectivity index (χ3n) is 27.1. The molecule has 44 heteroatoms. The van der Waals surface area contributed by atoms with Crippen molar-refractivity contribution < 1.29 is 121 Å². The summed E-state index contributed by atoms with van der Waals surface area (Å²) in [5.41, 5.74) is -1.48. The van der Waals surface area contributed by atoms with Gasteiger partial charge in [0.05, 0.1) is 31.6 Å². The molecule has 14 atom stereocenters. The fourth-order valence-electron chi connectivity index (χ4n) is 18.7. The van der Waals surface area contributed by atoms with Crippen LogP contribution in [-0.4, -0.2) is 271 Å². The van der Waals surface area contributed by atoms with Crippen molar-refractivity contribution in [3.8, 4) is 0 Å². The van der Waals surface area contributed by atoms with Crippen LogP contribution in [0.1, 0.15) is 222 Å². The van der Waals surface area contributed by atoms with E-state index >= 15 is 43.2 Å². The molecular formula is C105H138N18O25S. The molecule has 0 saturated carbocycles. The molecule has 4 aromatic carbocycles. The zero-order chi connectivity index (χ0) is 109. The summed E-state index contributed by atoms with van der Waals surface area (Å²) in [6.45, 7) is 11.9. The number of aryl methyl sites for hydroxylation is 1. The van der Waals surface area contributed by atoms with Crippen molar-refractivity contribution in [2.24, 2.45) is 11.1 Å². The Kier molecular flexibility index (Phi) is 41.3. The second kappa shape index (κ2) is 53.0. The number of carboxylic acids is 3. The highest BCUT2D eigenvalue weighted by Gasteiger charge is 2.53. The fourth-order valence-corrected chi connectivity index (χ4v) is 19.7. The Morgan fingerprint density at radius 1 is 0.523 bits per heavy atom. The van der Waals surface area contributed by atoms with Gasteiger partial charge in [-0.3, -0.25) is 91.1 Å². The molecule has 18 amide bonds. The van der Waals surface area contributed by atoms with Crippen LogP contribution in [0.15, 0.2) is 133 Å². The lowest BCUT2D eigenvalue weighted by Gasteiger charge is -2.38. The Morgan fingerprint density at radius 2 is 1.07 bits per heavy atom. The molecule has 10 rings (SSSR count). The summed E-state index contributed by atoms with van der Waals surface area (Å²) in [4.78, 5) is 310. The number of carboxylic acid groups (broad SMARTS) is 3. The van der Waals surface area contributed by atoms with Crippen molar-refractivity contribution in [3.05, 3.63) is 166 Å². The number of nitrogens with one attached hydrogen (secondary N) is 15. The number of thiophene rings is 1. The molecule has 5 aliphatic rings. The number of amides is 18. The monoisotopic (exact) mass is 2080 g/mol. The maximum atomic E-state index is 16.2. The number of nitrogens with zero attached hydrogens (tertiary/aromatic N) is 2. The number of aromatic carboxylic acids is 1. The number of carbonyl (C=O) groups is 21. The zero-order valence-electron chi connectivity index (χ0n) is 85.3. The average molecular weight is 2080 g/mol. The number of primary amides is 1. The van der Waals surface area contributed by atoms with Gasteiger partial charge < -0.3 is 115 Å². The van der Waals surface area contributed by atoms with Gasteiger partial charge in [0.25, 0.3) is 0 Å². The number of ether oxygens (including phenoxy) is 1. The van der Waals surface area contributed by atoms with Gasteiger partial charge in [-0.25, -0.2) is 9.59 Å². The Labute approximate surface area is 866 Å².